The van der Waals surface area contributed by atoms with Crippen LogP contribution >= 0.6 is 0 Å². The summed E-state index contributed by atoms with van der Waals surface area (Å²) in [6, 6.07) is 10.5. The molecule has 0 spiro atoms. The normalized spacial score (nSPS) is 15.0. The Balaban J connectivity index is 1.88. The van der Waals surface area contributed by atoms with Gasteiger partial charge in [-0.25, -0.2) is 0 Å². The van der Waals surface area contributed by atoms with Gasteiger partial charge in [-0.2, -0.15) is 0 Å². The summed E-state index contributed by atoms with van der Waals surface area (Å²) in [5.74, 6) is 1.29. The highest BCUT2D eigenvalue weighted by Crippen LogP contribution is 2.23. The fourth-order valence-electron chi connectivity index (χ4n) is 2.56. The fourth-order valence-corrected chi connectivity index (χ4v) is 2.56. The van der Waals surface area contributed by atoms with Crippen LogP contribution in [0.3, 0.4) is 0 Å². The molecule has 0 fully saturated rings. The quantitative estimate of drug-likeness (QED) is 0.572. The first-order valence-electron chi connectivity index (χ1n) is 8.04. The first-order chi connectivity index (χ1) is 11.3. The maximum atomic E-state index is 11.0. The van der Waals surface area contributed by atoms with Gasteiger partial charge in [0.25, 0.3) is 5.69 Å². The van der Waals surface area contributed by atoms with Crippen LogP contribution in [-0.2, 0) is 12.0 Å². The second-order valence-corrected chi connectivity index (χ2v) is 6.39. The van der Waals surface area contributed by atoms with Crippen molar-refractivity contribution in [1.82, 2.24) is 5.32 Å². The molecule has 0 bridgehead atoms. The Morgan fingerprint density at radius 1 is 1.33 bits per heavy atom. The van der Waals surface area contributed by atoms with Crippen LogP contribution < -0.4 is 5.32 Å². The largest absolute Gasteiger partial charge is 0.463 e. The Hall–Kier alpha value is -2.18. The van der Waals surface area contributed by atoms with Crippen molar-refractivity contribution in [2.75, 3.05) is 6.54 Å². The highest BCUT2D eigenvalue weighted by Gasteiger charge is 2.27. The minimum atomic E-state index is -1.10. The van der Waals surface area contributed by atoms with E-state index >= 15 is 0 Å². The molecule has 130 valence electrons. The number of hydrogen-bond acceptors (Lipinski definition) is 5. The molecule has 1 aromatic carbocycles. The molecular weight excluding hydrogens is 308 g/mol. The summed E-state index contributed by atoms with van der Waals surface area (Å²) in [6.07, 6.45) is 1.34. The number of aryl methyl sites for hydroxylation is 2. The number of nitrogens with one attached hydrogen (secondary N) is 1. The van der Waals surface area contributed by atoms with Gasteiger partial charge in [-0.1, -0.05) is 18.2 Å². The lowest BCUT2D eigenvalue weighted by Gasteiger charge is -2.24. The molecule has 2 atom stereocenters. The minimum absolute atomic E-state index is 0.104. The lowest BCUT2D eigenvalue weighted by Crippen LogP contribution is -2.39. The van der Waals surface area contributed by atoms with Gasteiger partial charge in [0.2, 0.25) is 0 Å². The summed E-state index contributed by atoms with van der Waals surface area (Å²) in [7, 11) is 0. The van der Waals surface area contributed by atoms with E-state index in [1.165, 1.54) is 6.07 Å². The molecule has 0 aliphatic carbocycles. The average molecular weight is 332 g/mol. The monoisotopic (exact) mass is 332 g/mol. The number of benzene rings is 1. The third kappa shape index (κ3) is 4.66. The summed E-state index contributed by atoms with van der Waals surface area (Å²) in [6.45, 7) is 5.88. The summed E-state index contributed by atoms with van der Waals surface area (Å²) in [4.78, 5) is 10.7. The third-order valence-electron chi connectivity index (χ3n) is 4.10. The maximum Gasteiger partial charge on any atom is 0.272 e. The molecule has 2 N–H and O–H groups in total. The Morgan fingerprint density at radius 3 is 2.67 bits per heavy atom. The molecule has 2 unspecified atom stereocenters. The van der Waals surface area contributed by atoms with Crippen LogP contribution in [0.5, 0.6) is 0 Å². The van der Waals surface area contributed by atoms with E-state index in [9.17, 15) is 15.2 Å². The zero-order valence-electron chi connectivity index (χ0n) is 14.3. The van der Waals surface area contributed by atoms with Gasteiger partial charge in [0.1, 0.15) is 17.1 Å². The van der Waals surface area contributed by atoms with Crippen LogP contribution in [-0.4, -0.2) is 22.6 Å². The fraction of sp³-hybridized carbons (Fsp3) is 0.444. The van der Waals surface area contributed by atoms with Gasteiger partial charge in [0.05, 0.1) is 4.92 Å². The zero-order chi connectivity index (χ0) is 17.7. The van der Waals surface area contributed by atoms with Gasteiger partial charge in [0.15, 0.2) is 0 Å². The summed E-state index contributed by atoms with van der Waals surface area (Å²) in [5.41, 5.74) is -0.214. The van der Waals surface area contributed by atoms with Crippen molar-refractivity contribution in [1.29, 1.82) is 0 Å². The number of para-hydroxylation sites is 1. The van der Waals surface area contributed by atoms with E-state index in [0.29, 0.717) is 18.7 Å². The first-order valence-corrected chi connectivity index (χ1v) is 8.04. The van der Waals surface area contributed by atoms with Crippen molar-refractivity contribution < 1.29 is 14.4 Å². The van der Waals surface area contributed by atoms with Crippen LogP contribution in [0.15, 0.2) is 40.8 Å². The summed E-state index contributed by atoms with van der Waals surface area (Å²) >= 11 is 0. The predicted octanol–water partition coefficient (Wildman–Crippen LogP) is 3.31. The average Bonchev–Trinajstić information content (AvgIpc) is 2.98. The number of rotatable bonds is 8. The standard InChI is InChI=1S/C18H24N2O4/c1-13(8-10-15-6-4-5-7-16(15)20(22)23)19-12-18(3,21)17-11-9-14(2)24-17/h4-7,9,11,13,19,21H,8,10,12H2,1-3H3. The third-order valence-corrected chi connectivity index (χ3v) is 4.10. The lowest BCUT2D eigenvalue weighted by atomic mass is 10.0. The van der Waals surface area contributed by atoms with Crippen molar-refractivity contribution in [3.63, 3.8) is 0 Å². The maximum absolute atomic E-state index is 11.0. The van der Waals surface area contributed by atoms with E-state index in [1.807, 2.05) is 26.0 Å². The van der Waals surface area contributed by atoms with Crippen LogP contribution in [0, 0.1) is 17.0 Å². The first kappa shape index (κ1) is 18.2. The smallest absolute Gasteiger partial charge is 0.272 e. The summed E-state index contributed by atoms with van der Waals surface area (Å²) < 4.78 is 5.49. The van der Waals surface area contributed by atoms with E-state index in [1.54, 1.807) is 25.1 Å². The number of nitro benzene ring substituents is 1. The van der Waals surface area contributed by atoms with Crippen LogP contribution in [0.25, 0.3) is 0 Å². The Labute approximate surface area is 141 Å². The van der Waals surface area contributed by atoms with Crippen molar-refractivity contribution in [3.05, 3.63) is 63.6 Å². The van der Waals surface area contributed by atoms with Gasteiger partial charge in [-0.15, -0.1) is 0 Å². The molecule has 2 rings (SSSR count). The van der Waals surface area contributed by atoms with Gasteiger partial charge >= 0.3 is 0 Å². The van der Waals surface area contributed by atoms with E-state index in [-0.39, 0.29) is 16.7 Å². The van der Waals surface area contributed by atoms with Crippen LogP contribution in [0.2, 0.25) is 0 Å². The molecule has 6 nitrogen and oxygen atoms in total. The van der Waals surface area contributed by atoms with E-state index in [4.69, 9.17) is 4.42 Å². The van der Waals surface area contributed by atoms with Gasteiger partial charge < -0.3 is 14.8 Å². The van der Waals surface area contributed by atoms with Crippen molar-refractivity contribution in [2.24, 2.45) is 0 Å². The topological polar surface area (TPSA) is 88.5 Å². The lowest BCUT2D eigenvalue weighted by molar-refractivity contribution is -0.385. The summed E-state index contributed by atoms with van der Waals surface area (Å²) in [5, 5.41) is 24.8. The Bertz CT molecular complexity index is 694. The molecule has 0 saturated carbocycles. The Morgan fingerprint density at radius 2 is 2.04 bits per heavy atom. The molecule has 0 radical (unpaired) electrons. The molecule has 0 saturated heterocycles. The van der Waals surface area contributed by atoms with Crippen LogP contribution in [0.4, 0.5) is 5.69 Å². The molecule has 1 heterocycles. The van der Waals surface area contributed by atoms with Gasteiger partial charge in [-0.05, 0) is 45.7 Å². The van der Waals surface area contributed by atoms with E-state index < -0.39 is 5.60 Å². The molecule has 0 aliphatic heterocycles. The molecule has 1 aromatic heterocycles. The van der Waals surface area contributed by atoms with E-state index in [0.717, 1.165) is 17.7 Å². The van der Waals surface area contributed by atoms with Gasteiger partial charge in [-0.3, -0.25) is 10.1 Å². The number of furan rings is 1. The number of aliphatic hydroxyl groups is 1. The number of hydrogen-bond donors (Lipinski definition) is 2. The van der Waals surface area contributed by atoms with Crippen LogP contribution in [0.1, 0.15) is 37.4 Å². The molecule has 6 heteroatoms. The number of nitrogens with zero attached hydrogens (tertiary/aromatic N) is 1. The van der Waals surface area contributed by atoms with Crippen molar-refractivity contribution in [2.45, 2.75) is 45.3 Å². The van der Waals surface area contributed by atoms with Crippen molar-refractivity contribution in [3.8, 4) is 0 Å². The SMILES string of the molecule is Cc1ccc(C(C)(O)CNC(C)CCc2ccccc2[N+](=O)[O-])o1. The zero-order valence-corrected chi connectivity index (χ0v) is 14.3. The van der Waals surface area contributed by atoms with Gasteiger partial charge in [0, 0.05) is 24.2 Å². The highest BCUT2D eigenvalue weighted by molar-refractivity contribution is 5.39. The molecule has 0 amide bonds. The molecular formula is C18H24N2O4. The number of nitro groups is 1. The predicted molar refractivity (Wildman–Crippen MR) is 91.9 cm³/mol. The highest BCUT2D eigenvalue weighted by atomic mass is 16.6. The second-order valence-electron chi connectivity index (χ2n) is 6.39. The molecule has 2 aromatic rings. The molecule has 24 heavy (non-hydrogen) atoms. The van der Waals surface area contributed by atoms with Crippen molar-refractivity contribution >= 4 is 5.69 Å². The molecule has 0 aliphatic rings. The van der Waals surface area contributed by atoms with E-state index in [2.05, 4.69) is 5.32 Å². The Kier molecular flexibility index (Phi) is 5.75. The minimum Gasteiger partial charge on any atom is -0.463 e. The second kappa shape index (κ2) is 7.59.